The molecule has 0 aliphatic heterocycles. The summed E-state index contributed by atoms with van der Waals surface area (Å²) < 4.78 is 17.4. The van der Waals surface area contributed by atoms with Crippen LogP contribution >= 0.6 is 0 Å². The summed E-state index contributed by atoms with van der Waals surface area (Å²) in [5.74, 6) is 0. The lowest BCUT2D eigenvalue weighted by Crippen LogP contribution is -2.35. The third-order valence-corrected chi connectivity index (χ3v) is 2.69. The minimum atomic E-state index is -0.245. The monoisotopic (exact) mass is 306 g/mol. The molecule has 0 rings (SSSR count). The second-order valence-corrected chi connectivity index (χ2v) is 7.25. The van der Waals surface area contributed by atoms with Gasteiger partial charge in [-0.15, -0.1) is 0 Å². The topological polar surface area (TPSA) is 68.2 Å². The average molecular weight is 306 g/mol. The molecule has 0 heterocycles. The molecule has 5 nitrogen and oxygen atoms in total. The summed E-state index contributed by atoms with van der Waals surface area (Å²) in [5, 5.41) is 18.3. The van der Waals surface area contributed by atoms with Gasteiger partial charge in [-0.25, -0.2) is 0 Å². The summed E-state index contributed by atoms with van der Waals surface area (Å²) in [6.45, 7) is 12.8. The molecule has 0 aliphatic rings. The van der Waals surface area contributed by atoms with E-state index in [9.17, 15) is 0 Å². The van der Waals surface area contributed by atoms with Crippen LogP contribution in [0.4, 0.5) is 0 Å². The van der Waals surface area contributed by atoms with Crippen LogP contribution in [0.2, 0.25) is 0 Å². The van der Waals surface area contributed by atoms with E-state index < -0.39 is 0 Å². The number of ether oxygens (including phenoxy) is 3. The molecule has 0 aliphatic carbocycles. The van der Waals surface area contributed by atoms with Crippen molar-refractivity contribution in [2.75, 3.05) is 26.4 Å². The van der Waals surface area contributed by atoms with Crippen molar-refractivity contribution >= 4 is 0 Å². The van der Waals surface area contributed by atoms with E-state index in [-0.39, 0.29) is 36.6 Å². The van der Waals surface area contributed by atoms with Gasteiger partial charge in [0.15, 0.2) is 0 Å². The normalized spacial score (nSPS) is 16.0. The molecule has 5 heteroatoms. The van der Waals surface area contributed by atoms with Crippen molar-refractivity contribution in [2.24, 2.45) is 0 Å². The van der Waals surface area contributed by atoms with E-state index in [2.05, 4.69) is 0 Å². The van der Waals surface area contributed by atoms with Crippen LogP contribution in [0.5, 0.6) is 0 Å². The van der Waals surface area contributed by atoms with E-state index in [0.717, 1.165) is 0 Å². The summed E-state index contributed by atoms with van der Waals surface area (Å²) >= 11 is 0. The zero-order valence-corrected chi connectivity index (χ0v) is 14.5. The van der Waals surface area contributed by atoms with E-state index in [0.29, 0.717) is 26.1 Å². The number of aliphatic hydroxyl groups is 2. The second kappa shape index (κ2) is 9.74. The van der Waals surface area contributed by atoms with E-state index >= 15 is 0 Å². The lowest BCUT2D eigenvalue weighted by molar-refractivity contribution is -0.135. The fourth-order valence-electron chi connectivity index (χ4n) is 1.63. The van der Waals surface area contributed by atoms with Crippen LogP contribution in [0.1, 0.15) is 54.4 Å². The molecule has 0 saturated carbocycles. The molecule has 2 atom stereocenters. The van der Waals surface area contributed by atoms with Gasteiger partial charge in [-0.1, -0.05) is 0 Å². The minimum absolute atomic E-state index is 0.0458. The van der Waals surface area contributed by atoms with Crippen LogP contribution in [0.15, 0.2) is 0 Å². The van der Waals surface area contributed by atoms with E-state index in [1.165, 1.54) is 0 Å². The number of rotatable bonds is 10. The lowest BCUT2D eigenvalue weighted by Gasteiger charge is -2.29. The number of hydrogen-bond donors (Lipinski definition) is 2. The van der Waals surface area contributed by atoms with Gasteiger partial charge in [0.1, 0.15) is 0 Å². The highest BCUT2D eigenvalue weighted by atomic mass is 16.6. The largest absolute Gasteiger partial charge is 0.396 e. The Hall–Kier alpha value is -0.200. The fourth-order valence-corrected chi connectivity index (χ4v) is 1.63. The first kappa shape index (κ1) is 20.8. The Morgan fingerprint density at radius 3 is 1.29 bits per heavy atom. The Balaban J connectivity index is 4.43. The van der Waals surface area contributed by atoms with Crippen LogP contribution < -0.4 is 0 Å². The van der Waals surface area contributed by atoms with Gasteiger partial charge in [0.05, 0.1) is 36.6 Å². The SMILES string of the molecule is CC(C)(C)OCC(CCO)OC(CCO)COC(C)(C)C. The molecule has 0 amide bonds. The lowest BCUT2D eigenvalue weighted by atomic mass is 10.1. The van der Waals surface area contributed by atoms with Crippen molar-refractivity contribution in [2.45, 2.75) is 77.8 Å². The molecule has 0 fully saturated rings. The highest BCUT2D eigenvalue weighted by molar-refractivity contribution is 4.68. The Labute approximate surface area is 129 Å². The third kappa shape index (κ3) is 13.2. The summed E-state index contributed by atoms with van der Waals surface area (Å²) in [6, 6.07) is 0. The summed E-state index contributed by atoms with van der Waals surface area (Å²) in [7, 11) is 0. The predicted octanol–water partition coefficient (Wildman–Crippen LogP) is 2.14. The molecule has 0 radical (unpaired) electrons. The van der Waals surface area contributed by atoms with E-state index in [4.69, 9.17) is 24.4 Å². The van der Waals surface area contributed by atoms with Gasteiger partial charge in [-0.3, -0.25) is 0 Å². The van der Waals surface area contributed by atoms with Crippen molar-refractivity contribution in [1.82, 2.24) is 0 Å². The van der Waals surface area contributed by atoms with Crippen molar-refractivity contribution in [3.63, 3.8) is 0 Å². The van der Waals surface area contributed by atoms with Gasteiger partial charge in [0.2, 0.25) is 0 Å². The van der Waals surface area contributed by atoms with Gasteiger partial charge in [0.25, 0.3) is 0 Å². The van der Waals surface area contributed by atoms with Crippen molar-refractivity contribution in [1.29, 1.82) is 0 Å². The zero-order valence-electron chi connectivity index (χ0n) is 14.5. The Morgan fingerprint density at radius 2 is 1.05 bits per heavy atom. The highest BCUT2D eigenvalue weighted by Crippen LogP contribution is 2.15. The molecule has 2 N–H and O–H groups in total. The van der Waals surface area contributed by atoms with Crippen molar-refractivity contribution in [3.05, 3.63) is 0 Å². The predicted molar refractivity (Wildman–Crippen MR) is 83.5 cm³/mol. The number of aliphatic hydroxyl groups excluding tert-OH is 2. The molecule has 0 bridgehead atoms. The molecule has 2 unspecified atom stereocenters. The van der Waals surface area contributed by atoms with Crippen LogP contribution in [-0.2, 0) is 14.2 Å². The molecule has 0 aromatic heterocycles. The molecule has 0 spiro atoms. The van der Waals surface area contributed by atoms with Crippen LogP contribution in [0.25, 0.3) is 0 Å². The summed E-state index contributed by atoms with van der Waals surface area (Å²) in [4.78, 5) is 0. The first-order chi connectivity index (χ1) is 9.57. The first-order valence-electron chi connectivity index (χ1n) is 7.72. The van der Waals surface area contributed by atoms with Gasteiger partial charge >= 0.3 is 0 Å². The minimum Gasteiger partial charge on any atom is -0.396 e. The van der Waals surface area contributed by atoms with Gasteiger partial charge in [0, 0.05) is 13.2 Å². The van der Waals surface area contributed by atoms with Crippen LogP contribution in [0, 0.1) is 0 Å². The maximum Gasteiger partial charge on any atom is 0.0835 e. The van der Waals surface area contributed by atoms with E-state index in [1.807, 2.05) is 41.5 Å². The fraction of sp³-hybridized carbons (Fsp3) is 1.00. The van der Waals surface area contributed by atoms with Gasteiger partial charge < -0.3 is 24.4 Å². The molecule has 0 aromatic rings. The Bertz CT molecular complexity index is 228. The van der Waals surface area contributed by atoms with Gasteiger partial charge in [-0.05, 0) is 54.4 Å². The average Bonchev–Trinajstić information content (AvgIpc) is 2.31. The van der Waals surface area contributed by atoms with Gasteiger partial charge in [-0.2, -0.15) is 0 Å². The molecular weight excluding hydrogens is 272 g/mol. The molecule has 0 aromatic carbocycles. The van der Waals surface area contributed by atoms with Crippen LogP contribution in [-0.4, -0.2) is 60.1 Å². The maximum absolute atomic E-state index is 9.15. The number of hydrogen-bond acceptors (Lipinski definition) is 5. The standard InChI is InChI=1S/C16H34O5/c1-15(2,3)19-11-13(7-9-17)21-14(8-10-18)12-20-16(4,5)6/h13-14,17-18H,7-12H2,1-6H3. The first-order valence-corrected chi connectivity index (χ1v) is 7.72. The smallest absolute Gasteiger partial charge is 0.0835 e. The van der Waals surface area contributed by atoms with E-state index in [1.54, 1.807) is 0 Å². The maximum atomic E-state index is 9.15. The summed E-state index contributed by atoms with van der Waals surface area (Å²) in [6.07, 6.45) is 0.616. The molecule has 0 saturated heterocycles. The van der Waals surface area contributed by atoms with Crippen molar-refractivity contribution < 1.29 is 24.4 Å². The summed E-state index contributed by atoms with van der Waals surface area (Å²) in [5.41, 5.74) is -0.489. The molecule has 128 valence electrons. The Morgan fingerprint density at radius 1 is 0.714 bits per heavy atom. The molecular formula is C16H34O5. The third-order valence-electron chi connectivity index (χ3n) is 2.69. The van der Waals surface area contributed by atoms with Crippen molar-refractivity contribution in [3.8, 4) is 0 Å². The second-order valence-electron chi connectivity index (χ2n) is 7.25. The van der Waals surface area contributed by atoms with Crippen LogP contribution in [0.3, 0.4) is 0 Å². The quantitative estimate of drug-likeness (QED) is 0.647. The highest BCUT2D eigenvalue weighted by Gasteiger charge is 2.21. The Kier molecular flexibility index (Phi) is 9.65. The molecule has 21 heavy (non-hydrogen) atoms. The zero-order chi connectivity index (χ0) is 16.5.